The maximum atomic E-state index is 6.38. The summed E-state index contributed by atoms with van der Waals surface area (Å²) in [6.07, 6.45) is 4.91. The number of fused-ring (bicyclic) bond motifs is 5. The van der Waals surface area contributed by atoms with E-state index in [1.165, 1.54) is 11.1 Å². The Kier molecular flexibility index (Phi) is 9.65. The first-order chi connectivity index (χ1) is 21.4. The van der Waals surface area contributed by atoms with Crippen molar-refractivity contribution in [1.82, 2.24) is 15.0 Å². The van der Waals surface area contributed by atoms with E-state index in [1.54, 1.807) is 11.3 Å². The van der Waals surface area contributed by atoms with E-state index >= 15 is 0 Å². The van der Waals surface area contributed by atoms with E-state index in [4.69, 9.17) is 9.40 Å². The number of rotatable bonds is 3. The van der Waals surface area contributed by atoms with Gasteiger partial charge in [0.25, 0.3) is 0 Å². The number of nitrogens with zero attached hydrogens (tertiary/aromatic N) is 3. The largest absolute Gasteiger partial charge is 0.498 e. The summed E-state index contributed by atoms with van der Waals surface area (Å²) < 4.78 is 7.54. The predicted octanol–water partition coefficient (Wildman–Crippen LogP) is 11.1. The van der Waals surface area contributed by atoms with Crippen LogP contribution in [0.25, 0.3) is 54.7 Å². The van der Waals surface area contributed by atoms with Crippen LogP contribution in [0.3, 0.4) is 0 Å². The Morgan fingerprint density at radius 3 is 2.09 bits per heavy atom. The summed E-state index contributed by atoms with van der Waals surface area (Å²) in [5.74, 6) is 0. The van der Waals surface area contributed by atoms with Crippen LogP contribution >= 0.6 is 11.3 Å². The number of aromatic nitrogens is 3. The van der Waals surface area contributed by atoms with Gasteiger partial charge in [0.1, 0.15) is 11.1 Å². The number of hydrogen-bond acceptors (Lipinski definition) is 5. The predicted molar refractivity (Wildman–Crippen MR) is 189 cm³/mol. The molecule has 0 N–H and O–H groups in total. The van der Waals surface area contributed by atoms with Gasteiger partial charge in [0.15, 0.2) is 0 Å². The third-order valence-corrected chi connectivity index (χ3v) is 9.02. The molecule has 7 aromatic rings. The quantitative estimate of drug-likeness (QED) is 0.167. The molecule has 0 bridgehead atoms. The number of furan rings is 1. The van der Waals surface area contributed by atoms with Crippen molar-refractivity contribution < 1.29 is 24.5 Å². The summed E-state index contributed by atoms with van der Waals surface area (Å²) in [6, 6.07) is 29.4. The van der Waals surface area contributed by atoms with Gasteiger partial charge in [-0.2, -0.15) is 0 Å². The van der Waals surface area contributed by atoms with Crippen molar-refractivity contribution >= 4 is 43.5 Å². The van der Waals surface area contributed by atoms with Crippen molar-refractivity contribution in [3.8, 4) is 22.5 Å². The molecule has 3 aromatic carbocycles. The number of benzene rings is 3. The van der Waals surface area contributed by atoms with Crippen molar-refractivity contribution in [3.63, 3.8) is 0 Å². The van der Waals surface area contributed by atoms with E-state index in [0.29, 0.717) is 5.41 Å². The van der Waals surface area contributed by atoms with E-state index in [9.17, 15) is 0 Å². The van der Waals surface area contributed by atoms with Crippen molar-refractivity contribution in [2.24, 2.45) is 5.41 Å². The summed E-state index contributed by atoms with van der Waals surface area (Å²) in [5, 5.41) is 3.29. The van der Waals surface area contributed by atoms with Gasteiger partial charge in [-0.25, -0.2) is 4.98 Å². The van der Waals surface area contributed by atoms with Gasteiger partial charge in [-0.15, -0.1) is 64.9 Å². The number of thiazole rings is 1. The Bertz CT molecular complexity index is 2090. The molecule has 0 aliphatic carbocycles. The maximum absolute atomic E-state index is 6.38. The molecule has 237 valence electrons. The number of aryl methyl sites for hydroxylation is 2. The monoisotopic (exact) mass is 802 g/mol. The maximum Gasteiger partial charge on any atom is 0.148 e. The molecular weight excluding hydrogens is 763 g/mol. The molecular formula is C40H39IrN3OS-2. The van der Waals surface area contributed by atoms with Crippen molar-refractivity contribution in [1.29, 1.82) is 0 Å². The summed E-state index contributed by atoms with van der Waals surface area (Å²) >= 11 is 1.74. The van der Waals surface area contributed by atoms with Crippen LogP contribution in [0.5, 0.6) is 0 Å². The second-order valence-corrected chi connectivity index (χ2v) is 15.1. The second kappa shape index (κ2) is 13.2. The first-order valence-corrected chi connectivity index (χ1v) is 16.2. The Morgan fingerprint density at radius 2 is 1.46 bits per heavy atom. The minimum absolute atomic E-state index is 0. The molecule has 1 radical (unpaired) electrons. The molecule has 0 atom stereocenters. The van der Waals surface area contributed by atoms with E-state index in [-0.39, 0.29) is 25.5 Å². The molecule has 0 fully saturated rings. The molecule has 7 rings (SSSR count). The van der Waals surface area contributed by atoms with E-state index in [2.05, 4.69) is 119 Å². The van der Waals surface area contributed by atoms with Crippen molar-refractivity contribution in [2.75, 3.05) is 0 Å². The molecule has 4 nitrogen and oxygen atoms in total. The van der Waals surface area contributed by atoms with Crippen molar-refractivity contribution in [2.45, 2.75) is 67.2 Å². The van der Waals surface area contributed by atoms with Gasteiger partial charge in [-0.3, -0.25) is 0 Å². The molecule has 0 saturated heterocycles. The smallest absolute Gasteiger partial charge is 0.148 e. The molecule has 0 unspecified atom stereocenters. The fraction of sp³-hybridized carbons (Fsp3) is 0.275. The van der Waals surface area contributed by atoms with Gasteiger partial charge in [0.2, 0.25) is 0 Å². The minimum atomic E-state index is 0. The van der Waals surface area contributed by atoms with Crippen LogP contribution < -0.4 is 0 Å². The Balaban J connectivity index is 0.000000193. The average Bonchev–Trinajstić information content (AvgIpc) is 3.60. The van der Waals surface area contributed by atoms with Gasteiger partial charge in [0, 0.05) is 43.3 Å². The molecule has 6 heteroatoms. The standard InChI is InChI=1S/C23H19N2OS.C17H20N.Ir/c1-13-8-10-17(24-12-13)16-7-5-6-14-15-9-11-18-19(21(15)26-20(14)16)25-22(27-18)23(2,3)4;1-13-5-8-15(9-6-13)16-10-7-14(12-18-16)11-17(2,3)4;/h5-6,8-12H,1-4H3;5-8,10,12H,11H2,1-4H3;/q2*-1;. The molecule has 0 amide bonds. The molecule has 4 aromatic heterocycles. The van der Waals surface area contributed by atoms with E-state index in [1.807, 2.05) is 37.5 Å². The van der Waals surface area contributed by atoms with Gasteiger partial charge in [-0.05, 0) is 47.3 Å². The van der Waals surface area contributed by atoms with Gasteiger partial charge in [0.05, 0.1) is 15.3 Å². The normalized spacial score (nSPS) is 11.8. The van der Waals surface area contributed by atoms with Gasteiger partial charge < -0.3 is 14.4 Å². The zero-order valence-corrected chi connectivity index (χ0v) is 30.9. The van der Waals surface area contributed by atoms with Crippen LogP contribution in [0.4, 0.5) is 0 Å². The van der Waals surface area contributed by atoms with Crippen LogP contribution in [0.15, 0.2) is 83.5 Å². The fourth-order valence-corrected chi connectivity index (χ4v) is 6.30. The molecule has 0 spiro atoms. The van der Waals surface area contributed by atoms with Crippen molar-refractivity contribution in [3.05, 3.63) is 113 Å². The Morgan fingerprint density at radius 1 is 0.739 bits per heavy atom. The van der Waals surface area contributed by atoms with Gasteiger partial charge in [-0.1, -0.05) is 89.7 Å². The van der Waals surface area contributed by atoms with Crippen LogP contribution in [-0.4, -0.2) is 15.0 Å². The molecule has 0 aliphatic heterocycles. The van der Waals surface area contributed by atoms with Crippen LogP contribution in [0.2, 0.25) is 0 Å². The first kappa shape index (κ1) is 33.7. The zero-order chi connectivity index (χ0) is 31.9. The van der Waals surface area contributed by atoms with E-state index < -0.39 is 0 Å². The summed E-state index contributed by atoms with van der Waals surface area (Å²) in [5.41, 5.74) is 10.4. The zero-order valence-electron chi connectivity index (χ0n) is 27.7. The second-order valence-electron chi connectivity index (χ2n) is 14.0. The van der Waals surface area contributed by atoms with E-state index in [0.717, 1.165) is 71.7 Å². The fourth-order valence-electron chi connectivity index (χ4n) is 5.28. The third-order valence-electron chi connectivity index (χ3n) is 7.57. The number of pyridine rings is 2. The molecule has 4 heterocycles. The topological polar surface area (TPSA) is 51.8 Å². The Hall–Kier alpha value is -3.70. The summed E-state index contributed by atoms with van der Waals surface area (Å²) in [6.45, 7) is 17.4. The average molecular weight is 802 g/mol. The SMILES string of the molecule is Cc1c[c-]c(-c2ccc(CC(C)(C)C)cn2)cc1.Cc1ccc(-c2[c-]ccc3c2oc2c3ccc3sc(C(C)(C)C)nc32)nc1.[Ir]. The van der Waals surface area contributed by atoms with Crippen LogP contribution in [0, 0.1) is 31.4 Å². The molecule has 0 aliphatic rings. The summed E-state index contributed by atoms with van der Waals surface area (Å²) in [7, 11) is 0. The van der Waals surface area contributed by atoms with Gasteiger partial charge >= 0.3 is 0 Å². The molecule has 0 saturated carbocycles. The van der Waals surface area contributed by atoms with Crippen LogP contribution in [0.1, 0.15) is 63.2 Å². The first-order valence-electron chi connectivity index (χ1n) is 15.4. The summed E-state index contributed by atoms with van der Waals surface area (Å²) in [4.78, 5) is 14.0. The number of hydrogen-bond donors (Lipinski definition) is 0. The Labute approximate surface area is 289 Å². The van der Waals surface area contributed by atoms with Crippen LogP contribution in [-0.2, 0) is 31.9 Å². The third kappa shape index (κ3) is 7.31. The molecule has 46 heavy (non-hydrogen) atoms. The minimum Gasteiger partial charge on any atom is -0.498 e.